The van der Waals surface area contributed by atoms with Crippen LogP contribution in [0.25, 0.3) is 0 Å². The van der Waals surface area contributed by atoms with Gasteiger partial charge in [-0.1, -0.05) is 49.8 Å². The van der Waals surface area contributed by atoms with Gasteiger partial charge in [-0.15, -0.1) is 0 Å². The van der Waals surface area contributed by atoms with Crippen molar-refractivity contribution >= 4 is 0 Å². The number of unbranched alkanes of at least 4 members (excludes halogenated alkanes) is 1. The van der Waals surface area contributed by atoms with Gasteiger partial charge in [0.15, 0.2) is 0 Å². The number of ether oxygens (including phenoxy) is 1. The van der Waals surface area contributed by atoms with Gasteiger partial charge in [0.05, 0.1) is 6.10 Å². The molecule has 0 bridgehead atoms. The Labute approximate surface area is 91.5 Å². The van der Waals surface area contributed by atoms with Gasteiger partial charge < -0.3 is 4.74 Å². The van der Waals surface area contributed by atoms with Gasteiger partial charge in [0.1, 0.15) is 6.10 Å². The van der Waals surface area contributed by atoms with Crippen LogP contribution in [0.3, 0.4) is 0 Å². The van der Waals surface area contributed by atoms with Crippen LogP contribution in [-0.4, -0.2) is 12.2 Å². The smallest absolute Gasteiger partial charge is 0.145 e. The van der Waals surface area contributed by atoms with E-state index in [1.165, 1.54) is 12.8 Å². The second-order valence-electron chi connectivity index (χ2n) is 3.87. The average Bonchev–Trinajstić information content (AvgIpc) is 3.04. The summed E-state index contributed by atoms with van der Waals surface area (Å²) in [5.41, 5.74) is 1.07. The van der Waals surface area contributed by atoms with Crippen LogP contribution >= 0.6 is 0 Å². The van der Waals surface area contributed by atoms with Gasteiger partial charge >= 0.3 is 0 Å². The lowest BCUT2D eigenvalue weighted by molar-refractivity contribution is 0.377. The Kier molecular flexibility index (Phi) is 3.42. The molecule has 2 rings (SSSR count). The molecule has 78 valence electrons. The molecule has 1 saturated heterocycles. The number of epoxide rings is 1. The molecule has 1 aromatic rings. The number of hydrogen-bond acceptors (Lipinski definition) is 1. The maximum Gasteiger partial charge on any atom is 0.145 e. The Morgan fingerprint density at radius 1 is 1.27 bits per heavy atom. The van der Waals surface area contributed by atoms with Crippen LogP contribution in [0.15, 0.2) is 30.3 Å². The second-order valence-corrected chi connectivity index (χ2v) is 3.87. The molecule has 0 aromatic heterocycles. The van der Waals surface area contributed by atoms with E-state index < -0.39 is 0 Å². The Morgan fingerprint density at radius 2 is 2.07 bits per heavy atom. The summed E-state index contributed by atoms with van der Waals surface area (Å²) in [5.74, 6) is 6.30. The molecule has 1 fully saturated rings. The highest BCUT2D eigenvalue weighted by molar-refractivity contribution is 5.35. The Morgan fingerprint density at radius 3 is 2.80 bits per heavy atom. The first-order valence-electron chi connectivity index (χ1n) is 5.62. The van der Waals surface area contributed by atoms with E-state index in [1.54, 1.807) is 0 Å². The molecule has 2 atom stereocenters. The molecule has 1 aliphatic rings. The molecule has 0 amide bonds. The summed E-state index contributed by atoms with van der Waals surface area (Å²) < 4.78 is 5.47. The van der Waals surface area contributed by atoms with Crippen molar-refractivity contribution < 1.29 is 4.74 Å². The van der Waals surface area contributed by atoms with E-state index in [4.69, 9.17) is 4.74 Å². The van der Waals surface area contributed by atoms with E-state index in [0.717, 1.165) is 12.0 Å². The lowest BCUT2D eigenvalue weighted by Crippen LogP contribution is -1.90. The standard InChI is InChI=1S/C14H16O/c1-2-3-9-13-14(15-13)11-10-12-7-5-4-6-8-12/h4-8,13-14H,2-3,9H2,1H3/t13-,14+/m0/s1. The zero-order valence-electron chi connectivity index (χ0n) is 9.07. The SMILES string of the molecule is CCCC[C@@H]1O[C@@H]1C#Cc1ccccc1. The highest BCUT2D eigenvalue weighted by Gasteiger charge is 2.36. The average molecular weight is 200 g/mol. The highest BCUT2D eigenvalue weighted by Crippen LogP contribution is 2.26. The predicted molar refractivity (Wildman–Crippen MR) is 61.5 cm³/mol. The summed E-state index contributed by atoms with van der Waals surface area (Å²) in [7, 11) is 0. The Balaban J connectivity index is 1.82. The molecule has 0 saturated carbocycles. The van der Waals surface area contributed by atoms with E-state index in [0.29, 0.717) is 6.10 Å². The Hall–Kier alpha value is -1.26. The van der Waals surface area contributed by atoms with Crippen LogP contribution in [0, 0.1) is 11.8 Å². The molecule has 0 aliphatic carbocycles. The molecule has 1 nitrogen and oxygen atoms in total. The van der Waals surface area contributed by atoms with Crippen LogP contribution in [0.1, 0.15) is 31.7 Å². The van der Waals surface area contributed by atoms with E-state index in [1.807, 2.05) is 30.3 Å². The van der Waals surface area contributed by atoms with Crippen molar-refractivity contribution in [3.05, 3.63) is 35.9 Å². The number of hydrogen-bond donors (Lipinski definition) is 0. The largest absolute Gasteiger partial charge is 0.356 e. The van der Waals surface area contributed by atoms with Crippen LogP contribution in [-0.2, 0) is 4.74 Å². The van der Waals surface area contributed by atoms with E-state index in [2.05, 4.69) is 18.8 Å². The van der Waals surface area contributed by atoms with Gasteiger partial charge in [0.2, 0.25) is 0 Å². The van der Waals surface area contributed by atoms with Gasteiger partial charge in [0, 0.05) is 5.56 Å². The van der Waals surface area contributed by atoms with Gasteiger partial charge in [-0.2, -0.15) is 0 Å². The summed E-state index contributed by atoms with van der Waals surface area (Å²) in [6.45, 7) is 2.20. The minimum Gasteiger partial charge on any atom is -0.356 e. The fourth-order valence-electron chi connectivity index (χ4n) is 1.57. The minimum absolute atomic E-state index is 0.191. The fraction of sp³-hybridized carbons (Fsp3) is 0.429. The summed E-state index contributed by atoms with van der Waals surface area (Å²) in [6, 6.07) is 10.1. The molecule has 0 spiro atoms. The lowest BCUT2D eigenvalue weighted by atomic mass is 10.1. The quantitative estimate of drug-likeness (QED) is 0.540. The molecule has 0 unspecified atom stereocenters. The molecule has 1 aromatic carbocycles. The summed E-state index contributed by atoms with van der Waals surface area (Å²) in [4.78, 5) is 0. The van der Waals surface area contributed by atoms with E-state index in [9.17, 15) is 0 Å². The van der Waals surface area contributed by atoms with Crippen molar-refractivity contribution in [2.75, 3.05) is 0 Å². The van der Waals surface area contributed by atoms with Gasteiger partial charge in [-0.3, -0.25) is 0 Å². The van der Waals surface area contributed by atoms with Gasteiger partial charge in [-0.05, 0) is 18.6 Å². The topological polar surface area (TPSA) is 12.5 Å². The molecule has 1 heterocycles. The third-order valence-electron chi connectivity index (χ3n) is 2.56. The third kappa shape index (κ3) is 3.11. The maximum atomic E-state index is 5.47. The molecular formula is C14H16O. The summed E-state index contributed by atoms with van der Waals surface area (Å²) in [6.07, 6.45) is 4.23. The molecule has 1 aliphatic heterocycles. The molecule has 0 radical (unpaired) electrons. The van der Waals surface area contributed by atoms with Crippen molar-refractivity contribution in [1.29, 1.82) is 0 Å². The first kappa shape index (κ1) is 10.3. The van der Waals surface area contributed by atoms with Crippen LogP contribution in [0.5, 0.6) is 0 Å². The van der Waals surface area contributed by atoms with Crippen molar-refractivity contribution in [2.24, 2.45) is 0 Å². The van der Waals surface area contributed by atoms with Crippen LogP contribution in [0.2, 0.25) is 0 Å². The molecule has 0 N–H and O–H groups in total. The lowest BCUT2D eigenvalue weighted by Gasteiger charge is -1.88. The zero-order chi connectivity index (χ0) is 10.5. The number of rotatable bonds is 3. The fourth-order valence-corrected chi connectivity index (χ4v) is 1.57. The van der Waals surface area contributed by atoms with Crippen LogP contribution < -0.4 is 0 Å². The van der Waals surface area contributed by atoms with Crippen molar-refractivity contribution in [2.45, 2.75) is 38.4 Å². The van der Waals surface area contributed by atoms with Crippen molar-refractivity contribution in [1.82, 2.24) is 0 Å². The maximum absolute atomic E-state index is 5.47. The zero-order valence-corrected chi connectivity index (χ0v) is 9.07. The summed E-state index contributed by atoms with van der Waals surface area (Å²) >= 11 is 0. The van der Waals surface area contributed by atoms with E-state index in [-0.39, 0.29) is 6.10 Å². The predicted octanol–water partition coefficient (Wildman–Crippen LogP) is 3.00. The third-order valence-corrected chi connectivity index (χ3v) is 2.56. The number of benzene rings is 1. The first-order valence-corrected chi connectivity index (χ1v) is 5.62. The van der Waals surface area contributed by atoms with Crippen molar-refractivity contribution in [3.8, 4) is 11.8 Å². The van der Waals surface area contributed by atoms with E-state index >= 15 is 0 Å². The van der Waals surface area contributed by atoms with Crippen LogP contribution in [0.4, 0.5) is 0 Å². The van der Waals surface area contributed by atoms with Crippen molar-refractivity contribution in [3.63, 3.8) is 0 Å². The van der Waals surface area contributed by atoms with Gasteiger partial charge in [0.25, 0.3) is 0 Å². The normalized spacial score (nSPS) is 23.0. The summed E-state index contributed by atoms with van der Waals surface area (Å²) in [5, 5.41) is 0. The molecule has 1 heteroatoms. The Bertz CT molecular complexity index is 358. The van der Waals surface area contributed by atoms with Gasteiger partial charge in [-0.25, -0.2) is 0 Å². The monoisotopic (exact) mass is 200 g/mol. The highest BCUT2D eigenvalue weighted by atomic mass is 16.6. The first-order chi connectivity index (χ1) is 7.40. The molecular weight excluding hydrogens is 184 g/mol. The second kappa shape index (κ2) is 5.00. The minimum atomic E-state index is 0.191. The molecule has 15 heavy (non-hydrogen) atoms.